The second kappa shape index (κ2) is 7.28. The van der Waals surface area contributed by atoms with Crippen LogP contribution in [0.1, 0.15) is 40.0 Å². The van der Waals surface area contributed by atoms with Crippen molar-refractivity contribution in [3.8, 4) is 0 Å². The highest BCUT2D eigenvalue weighted by Gasteiger charge is 2.22. The van der Waals surface area contributed by atoms with Crippen LogP contribution in [0.4, 0.5) is 5.69 Å². The van der Waals surface area contributed by atoms with Crippen LogP contribution in [0.5, 0.6) is 0 Å². The molecule has 0 saturated carbocycles. The van der Waals surface area contributed by atoms with E-state index < -0.39 is 0 Å². The number of carbonyl (C=O) groups excluding carboxylic acids is 1. The highest BCUT2D eigenvalue weighted by Crippen LogP contribution is 2.24. The average molecular weight is 351 g/mol. The second-order valence-electron chi connectivity index (χ2n) is 7.69. The Kier molecular flexibility index (Phi) is 4.86. The van der Waals surface area contributed by atoms with Crippen LogP contribution in [0.25, 0.3) is 0 Å². The summed E-state index contributed by atoms with van der Waals surface area (Å²) < 4.78 is 2.31. The van der Waals surface area contributed by atoms with Crippen molar-refractivity contribution >= 4 is 11.5 Å². The van der Waals surface area contributed by atoms with Gasteiger partial charge in [0.15, 0.2) is 5.78 Å². The van der Waals surface area contributed by atoms with E-state index in [0.717, 1.165) is 64.1 Å². The lowest BCUT2D eigenvalue weighted by Gasteiger charge is -2.37. The predicted octanol–water partition coefficient (Wildman–Crippen LogP) is 3.45. The summed E-state index contributed by atoms with van der Waals surface area (Å²) in [4.78, 5) is 17.1. The number of anilines is 1. The molecule has 0 atom stereocenters. The van der Waals surface area contributed by atoms with Crippen molar-refractivity contribution < 1.29 is 4.79 Å². The summed E-state index contributed by atoms with van der Waals surface area (Å²) in [5.41, 5.74) is 6.40. The SMILES string of the molecule is Cc1cccc(N2CCN(CCn3ccc4c3CCCC4=O)CC2)c1C. The first-order valence-corrected chi connectivity index (χ1v) is 9.88. The van der Waals surface area contributed by atoms with Gasteiger partial charge in [0.2, 0.25) is 0 Å². The van der Waals surface area contributed by atoms with Crippen LogP contribution < -0.4 is 4.90 Å². The standard InChI is InChI=1S/C22H29N3O/c1-17-5-3-6-20(18(17)2)25-15-12-23(13-16-25)11-14-24-10-9-19-21(24)7-4-8-22(19)26/h3,5-6,9-10H,4,7-8,11-16H2,1-2H3. The number of hydrogen-bond acceptors (Lipinski definition) is 3. The highest BCUT2D eigenvalue weighted by atomic mass is 16.1. The Balaban J connectivity index is 1.33. The third kappa shape index (κ3) is 3.30. The molecule has 0 N–H and O–H groups in total. The molecular weight excluding hydrogens is 322 g/mol. The van der Waals surface area contributed by atoms with Gasteiger partial charge in [-0.15, -0.1) is 0 Å². The second-order valence-corrected chi connectivity index (χ2v) is 7.69. The maximum Gasteiger partial charge on any atom is 0.164 e. The fraction of sp³-hybridized carbons (Fsp3) is 0.500. The third-order valence-corrected chi connectivity index (χ3v) is 6.14. The molecule has 2 aromatic rings. The van der Waals surface area contributed by atoms with E-state index in [4.69, 9.17) is 0 Å². The normalized spacial score (nSPS) is 18.2. The van der Waals surface area contributed by atoms with Crippen LogP contribution in [0, 0.1) is 13.8 Å². The van der Waals surface area contributed by atoms with E-state index in [0.29, 0.717) is 5.78 Å². The minimum atomic E-state index is 0.326. The Morgan fingerprint density at radius 2 is 1.77 bits per heavy atom. The summed E-state index contributed by atoms with van der Waals surface area (Å²) in [5, 5.41) is 0. The van der Waals surface area contributed by atoms with Gasteiger partial charge >= 0.3 is 0 Å². The molecule has 0 bridgehead atoms. The molecule has 0 radical (unpaired) electrons. The largest absolute Gasteiger partial charge is 0.369 e. The number of piperazine rings is 1. The topological polar surface area (TPSA) is 28.5 Å². The van der Waals surface area contributed by atoms with Crippen LogP contribution >= 0.6 is 0 Å². The van der Waals surface area contributed by atoms with Gasteiger partial charge in [0, 0.05) is 68.8 Å². The number of aromatic nitrogens is 1. The Labute approximate surface area is 156 Å². The summed E-state index contributed by atoms with van der Waals surface area (Å²) in [6.07, 6.45) is 4.89. The highest BCUT2D eigenvalue weighted by molar-refractivity contribution is 5.98. The zero-order valence-corrected chi connectivity index (χ0v) is 16.0. The molecule has 1 fully saturated rings. The number of benzene rings is 1. The molecule has 1 aromatic heterocycles. The number of fused-ring (bicyclic) bond motifs is 1. The average Bonchev–Trinajstić information content (AvgIpc) is 3.07. The van der Waals surface area contributed by atoms with Gasteiger partial charge < -0.3 is 9.47 Å². The van der Waals surface area contributed by atoms with Gasteiger partial charge in [0.1, 0.15) is 0 Å². The minimum absolute atomic E-state index is 0.326. The molecule has 1 aliphatic carbocycles. The number of aryl methyl sites for hydroxylation is 1. The Bertz CT molecular complexity index is 800. The van der Waals surface area contributed by atoms with Gasteiger partial charge in [-0.25, -0.2) is 0 Å². The van der Waals surface area contributed by atoms with E-state index in [1.54, 1.807) is 0 Å². The van der Waals surface area contributed by atoms with Crippen LogP contribution in [0.2, 0.25) is 0 Å². The molecule has 1 aliphatic heterocycles. The van der Waals surface area contributed by atoms with Crippen LogP contribution in [-0.4, -0.2) is 48.0 Å². The van der Waals surface area contributed by atoms with Gasteiger partial charge in [-0.05, 0) is 49.9 Å². The van der Waals surface area contributed by atoms with E-state index in [-0.39, 0.29) is 0 Å². The first-order chi connectivity index (χ1) is 12.6. The van der Waals surface area contributed by atoms with E-state index in [1.165, 1.54) is 22.5 Å². The summed E-state index contributed by atoms with van der Waals surface area (Å²) >= 11 is 0. The molecule has 2 aliphatic rings. The Morgan fingerprint density at radius 3 is 2.58 bits per heavy atom. The number of nitrogens with zero attached hydrogens (tertiary/aromatic N) is 3. The van der Waals surface area contributed by atoms with Gasteiger partial charge in [-0.3, -0.25) is 9.69 Å². The smallest absolute Gasteiger partial charge is 0.164 e. The van der Waals surface area contributed by atoms with E-state index in [9.17, 15) is 4.79 Å². The monoisotopic (exact) mass is 351 g/mol. The predicted molar refractivity (Wildman–Crippen MR) is 106 cm³/mol. The molecular formula is C22H29N3O. The molecule has 26 heavy (non-hydrogen) atoms. The van der Waals surface area contributed by atoms with Crippen LogP contribution in [0.15, 0.2) is 30.5 Å². The molecule has 1 saturated heterocycles. The van der Waals surface area contributed by atoms with Crippen molar-refractivity contribution in [2.75, 3.05) is 37.6 Å². The van der Waals surface area contributed by atoms with Crippen molar-refractivity contribution in [3.63, 3.8) is 0 Å². The fourth-order valence-electron chi connectivity index (χ4n) is 4.34. The van der Waals surface area contributed by atoms with Crippen LogP contribution in [0.3, 0.4) is 0 Å². The van der Waals surface area contributed by atoms with Crippen molar-refractivity contribution in [2.45, 2.75) is 39.7 Å². The van der Waals surface area contributed by atoms with Crippen LogP contribution in [-0.2, 0) is 13.0 Å². The summed E-state index contributed by atoms with van der Waals surface area (Å²) in [6, 6.07) is 8.63. The summed E-state index contributed by atoms with van der Waals surface area (Å²) in [6.45, 7) is 10.9. The van der Waals surface area contributed by atoms with Gasteiger partial charge in [0.25, 0.3) is 0 Å². The maximum atomic E-state index is 12.0. The summed E-state index contributed by atoms with van der Waals surface area (Å²) in [5.74, 6) is 0.326. The lowest BCUT2D eigenvalue weighted by Crippen LogP contribution is -2.47. The van der Waals surface area contributed by atoms with Gasteiger partial charge in [-0.2, -0.15) is 0 Å². The van der Waals surface area contributed by atoms with E-state index in [2.05, 4.69) is 52.6 Å². The zero-order chi connectivity index (χ0) is 18.1. The Hall–Kier alpha value is -2.07. The quantitative estimate of drug-likeness (QED) is 0.845. The molecule has 4 rings (SSSR count). The van der Waals surface area contributed by atoms with Crippen molar-refractivity contribution in [3.05, 3.63) is 52.8 Å². The van der Waals surface area contributed by atoms with Crippen molar-refractivity contribution in [2.24, 2.45) is 0 Å². The minimum Gasteiger partial charge on any atom is -0.369 e. The maximum absolute atomic E-state index is 12.0. The lowest BCUT2D eigenvalue weighted by molar-refractivity contribution is 0.0971. The first-order valence-electron chi connectivity index (χ1n) is 9.88. The van der Waals surface area contributed by atoms with Gasteiger partial charge in [0.05, 0.1) is 0 Å². The number of ketones is 1. The molecule has 0 amide bonds. The number of Topliss-reactive ketones (excluding diaryl/α,β-unsaturated/α-hetero) is 1. The molecule has 1 aromatic carbocycles. The number of rotatable bonds is 4. The van der Waals surface area contributed by atoms with Crippen molar-refractivity contribution in [1.29, 1.82) is 0 Å². The molecule has 4 nitrogen and oxygen atoms in total. The lowest BCUT2D eigenvalue weighted by atomic mass is 9.97. The number of carbonyl (C=O) groups is 1. The Morgan fingerprint density at radius 1 is 0.962 bits per heavy atom. The van der Waals surface area contributed by atoms with Gasteiger partial charge in [-0.1, -0.05) is 12.1 Å². The first kappa shape index (κ1) is 17.3. The molecule has 138 valence electrons. The molecule has 4 heteroatoms. The fourth-order valence-corrected chi connectivity index (χ4v) is 4.34. The molecule has 2 heterocycles. The molecule has 0 spiro atoms. The zero-order valence-electron chi connectivity index (χ0n) is 16.0. The number of hydrogen-bond donors (Lipinski definition) is 0. The van der Waals surface area contributed by atoms with Crippen molar-refractivity contribution in [1.82, 2.24) is 9.47 Å². The summed E-state index contributed by atoms with van der Waals surface area (Å²) in [7, 11) is 0. The van der Waals surface area contributed by atoms with E-state index >= 15 is 0 Å². The molecule has 0 unspecified atom stereocenters. The van der Waals surface area contributed by atoms with E-state index in [1.807, 2.05) is 6.07 Å². The third-order valence-electron chi connectivity index (χ3n) is 6.14.